The number of halogens is 2. The first kappa shape index (κ1) is 9.87. The normalized spacial score (nSPS) is 37.8. The molecular weight excluding hydrogens is 190 g/mol. The molecule has 0 bridgehead atoms. The quantitative estimate of drug-likeness (QED) is 0.659. The first-order valence-electron chi connectivity index (χ1n) is 5.09. The third-order valence-electron chi connectivity index (χ3n) is 3.30. The Morgan fingerprint density at radius 3 is 2.50 bits per heavy atom. The van der Waals surface area contributed by atoms with Crippen LogP contribution in [0.5, 0.6) is 0 Å². The Morgan fingerprint density at radius 1 is 1.43 bits per heavy atom. The molecule has 80 valence electrons. The van der Waals surface area contributed by atoms with Crippen LogP contribution >= 0.6 is 0 Å². The molecule has 2 unspecified atom stereocenters. The van der Waals surface area contributed by atoms with Crippen LogP contribution in [-0.4, -0.2) is 18.5 Å². The van der Waals surface area contributed by atoms with Gasteiger partial charge in [0.2, 0.25) is 0 Å². The fourth-order valence-electron chi connectivity index (χ4n) is 2.54. The number of carbonyl (C=O) groups is 1. The summed E-state index contributed by atoms with van der Waals surface area (Å²) in [7, 11) is 0. The smallest absolute Gasteiger partial charge is 0.306 e. The average Bonchev–Trinajstić information content (AvgIpc) is 2.49. The maximum absolute atomic E-state index is 12.8. The number of hydrogen-bond acceptors (Lipinski definition) is 2. The monoisotopic (exact) mass is 204 g/mol. The van der Waals surface area contributed by atoms with Gasteiger partial charge in [0.05, 0.1) is 6.61 Å². The molecule has 0 aliphatic heterocycles. The van der Waals surface area contributed by atoms with Crippen LogP contribution in [-0.2, 0) is 9.53 Å². The van der Waals surface area contributed by atoms with E-state index in [1.807, 2.05) is 0 Å². The Labute approximate surface area is 81.6 Å². The van der Waals surface area contributed by atoms with Gasteiger partial charge in [-0.15, -0.1) is 0 Å². The number of ether oxygens (including phenoxy) is 1. The number of hydrogen-bond donors (Lipinski definition) is 0. The van der Waals surface area contributed by atoms with Gasteiger partial charge in [-0.1, -0.05) is 0 Å². The van der Waals surface area contributed by atoms with Crippen LogP contribution in [0, 0.1) is 17.8 Å². The van der Waals surface area contributed by atoms with Crippen LogP contribution in [0.2, 0.25) is 0 Å². The molecule has 0 N–H and O–H groups in total. The van der Waals surface area contributed by atoms with E-state index in [1.54, 1.807) is 6.92 Å². The molecule has 0 saturated heterocycles. The zero-order chi connectivity index (χ0) is 10.3. The highest BCUT2D eigenvalue weighted by Crippen LogP contribution is 2.66. The molecule has 0 spiro atoms. The molecule has 2 rings (SSSR count). The standard InChI is InChI=1S/C10H14F2O2/c1-2-14-9(13)5-6-3-7-8(4-6)10(7,11)12/h6-8H,2-5H2,1H3. The summed E-state index contributed by atoms with van der Waals surface area (Å²) in [6.45, 7) is 2.12. The maximum Gasteiger partial charge on any atom is 0.306 e. The van der Waals surface area contributed by atoms with Gasteiger partial charge in [-0.3, -0.25) is 4.79 Å². The van der Waals surface area contributed by atoms with E-state index in [-0.39, 0.29) is 11.9 Å². The molecule has 14 heavy (non-hydrogen) atoms. The van der Waals surface area contributed by atoms with Crippen molar-refractivity contribution in [2.75, 3.05) is 6.61 Å². The number of carbonyl (C=O) groups excluding carboxylic acids is 1. The van der Waals surface area contributed by atoms with E-state index in [1.165, 1.54) is 0 Å². The van der Waals surface area contributed by atoms with Crippen LogP contribution in [0.1, 0.15) is 26.2 Å². The average molecular weight is 204 g/mol. The van der Waals surface area contributed by atoms with Gasteiger partial charge in [0.25, 0.3) is 5.92 Å². The molecule has 2 saturated carbocycles. The molecule has 2 aliphatic carbocycles. The second-order valence-electron chi connectivity index (χ2n) is 4.23. The van der Waals surface area contributed by atoms with Crippen LogP contribution in [0.3, 0.4) is 0 Å². The van der Waals surface area contributed by atoms with E-state index in [0.29, 0.717) is 25.9 Å². The minimum atomic E-state index is -2.43. The Bertz CT molecular complexity index is 239. The van der Waals surface area contributed by atoms with E-state index < -0.39 is 17.8 Å². The van der Waals surface area contributed by atoms with Crippen molar-refractivity contribution in [3.8, 4) is 0 Å². The van der Waals surface area contributed by atoms with Crippen molar-refractivity contribution >= 4 is 5.97 Å². The van der Waals surface area contributed by atoms with E-state index in [2.05, 4.69) is 0 Å². The largest absolute Gasteiger partial charge is 0.466 e. The molecule has 0 amide bonds. The molecular formula is C10H14F2O2. The minimum Gasteiger partial charge on any atom is -0.466 e. The lowest BCUT2D eigenvalue weighted by Crippen LogP contribution is -2.14. The number of esters is 1. The molecule has 0 heterocycles. The fourth-order valence-corrected chi connectivity index (χ4v) is 2.54. The highest BCUT2D eigenvalue weighted by molar-refractivity contribution is 5.69. The first-order valence-corrected chi connectivity index (χ1v) is 5.09. The molecule has 2 fully saturated rings. The molecule has 2 aliphatic rings. The zero-order valence-corrected chi connectivity index (χ0v) is 8.13. The van der Waals surface area contributed by atoms with Crippen molar-refractivity contribution < 1.29 is 18.3 Å². The SMILES string of the molecule is CCOC(=O)CC1CC2C(C1)C2(F)F. The highest BCUT2D eigenvalue weighted by atomic mass is 19.3. The molecule has 0 aromatic carbocycles. The van der Waals surface area contributed by atoms with Gasteiger partial charge in [0.15, 0.2) is 0 Å². The van der Waals surface area contributed by atoms with Gasteiger partial charge in [-0.2, -0.15) is 0 Å². The lowest BCUT2D eigenvalue weighted by Gasteiger charge is -2.12. The summed E-state index contributed by atoms with van der Waals surface area (Å²) in [6, 6.07) is 0. The molecule has 0 aromatic rings. The third kappa shape index (κ3) is 1.51. The predicted octanol–water partition coefficient (Wildman–Crippen LogP) is 2.23. The van der Waals surface area contributed by atoms with Crippen molar-refractivity contribution in [2.45, 2.75) is 32.1 Å². The van der Waals surface area contributed by atoms with E-state index >= 15 is 0 Å². The van der Waals surface area contributed by atoms with E-state index in [9.17, 15) is 13.6 Å². The Kier molecular flexibility index (Phi) is 2.24. The van der Waals surface area contributed by atoms with Crippen molar-refractivity contribution in [1.29, 1.82) is 0 Å². The van der Waals surface area contributed by atoms with E-state index in [4.69, 9.17) is 4.74 Å². The predicted molar refractivity (Wildman–Crippen MR) is 45.9 cm³/mol. The van der Waals surface area contributed by atoms with Gasteiger partial charge in [0, 0.05) is 18.3 Å². The lowest BCUT2D eigenvalue weighted by atomic mass is 9.99. The molecule has 4 heteroatoms. The van der Waals surface area contributed by atoms with Gasteiger partial charge >= 0.3 is 5.97 Å². The van der Waals surface area contributed by atoms with Crippen LogP contribution < -0.4 is 0 Å². The number of rotatable bonds is 3. The van der Waals surface area contributed by atoms with Gasteiger partial charge < -0.3 is 4.74 Å². The topological polar surface area (TPSA) is 26.3 Å². The third-order valence-corrected chi connectivity index (χ3v) is 3.30. The van der Waals surface area contributed by atoms with Crippen molar-refractivity contribution in [3.63, 3.8) is 0 Å². The number of fused-ring (bicyclic) bond motifs is 1. The Morgan fingerprint density at radius 2 is 2.00 bits per heavy atom. The minimum absolute atomic E-state index is 0.128. The summed E-state index contributed by atoms with van der Waals surface area (Å²) in [6.07, 6.45) is 1.31. The maximum atomic E-state index is 12.8. The summed E-state index contributed by atoms with van der Waals surface area (Å²) in [5, 5.41) is 0. The molecule has 2 nitrogen and oxygen atoms in total. The van der Waals surface area contributed by atoms with Gasteiger partial charge in [0.1, 0.15) is 0 Å². The van der Waals surface area contributed by atoms with Crippen LogP contribution in [0.4, 0.5) is 8.78 Å². The van der Waals surface area contributed by atoms with Crippen molar-refractivity contribution in [2.24, 2.45) is 17.8 Å². The molecule has 0 aromatic heterocycles. The number of alkyl halides is 2. The van der Waals surface area contributed by atoms with Gasteiger partial charge in [-0.25, -0.2) is 8.78 Å². The lowest BCUT2D eigenvalue weighted by molar-refractivity contribution is -0.144. The first-order chi connectivity index (χ1) is 6.55. The van der Waals surface area contributed by atoms with Crippen molar-refractivity contribution in [3.05, 3.63) is 0 Å². The highest BCUT2D eigenvalue weighted by Gasteiger charge is 2.71. The molecule has 0 radical (unpaired) electrons. The zero-order valence-electron chi connectivity index (χ0n) is 8.13. The van der Waals surface area contributed by atoms with Crippen LogP contribution in [0.15, 0.2) is 0 Å². The summed E-state index contributed by atoms with van der Waals surface area (Å²) in [4.78, 5) is 11.1. The van der Waals surface area contributed by atoms with Crippen molar-refractivity contribution in [1.82, 2.24) is 0 Å². The summed E-state index contributed by atoms with van der Waals surface area (Å²) in [5.74, 6) is -3.43. The summed E-state index contributed by atoms with van der Waals surface area (Å²) >= 11 is 0. The van der Waals surface area contributed by atoms with E-state index in [0.717, 1.165) is 0 Å². The Balaban J connectivity index is 1.75. The second kappa shape index (κ2) is 3.17. The summed E-state index contributed by atoms with van der Waals surface area (Å²) < 4.78 is 30.3. The summed E-state index contributed by atoms with van der Waals surface area (Å²) in [5.41, 5.74) is 0. The van der Waals surface area contributed by atoms with Crippen LogP contribution in [0.25, 0.3) is 0 Å². The second-order valence-corrected chi connectivity index (χ2v) is 4.23. The fraction of sp³-hybridized carbons (Fsp3) is 0.900. The Hall–Kier alpha value is -0.670. The molecule has 2 atom stereocenters. The van der Waals surface area contributed by atoms with Gasteiger partial charge in [-0.05, 0) is 25.7 Å².